The lowest BCUT2D eigenvalue weighted by atomic mass is 9.96. The quantitative estimate of drug-likeness (QED) is 0.929. The van der Waals surface area contributed by atoms with Crippen LogP contribution in [0.4, 0.5) is 0 Å². The maximum atomic E-state index is 12.4. The van der Waals surface area contributed by atoms with E-state index in [4.69, 9.17) is 0 Å². The Balaban J connectivity index is 1.60. The molecule has 6 heteroatoms. The molecule has 0 aromatic carbocycles. The lowest BCUT2D eigenvalue weighted by Gasteiger charge is -2.34. The van der Waals surface area contributed by atoms with Crippen LogP contribution in [0, 0.1) is 5.92 Å². The number of imidazole rings is 1. The molecule has 1 saturated heterocycles. The van der Waals surface area contributed by atoms with Crippen molar-refractivity contribution < 1.29 is 4.79 Å². The van der Waals surface area contributed by atoms with Gasteiger partial charge in [0.2, 0.25) is 5.91 Å². The van der Waals surface area contributed by atoms with Gasteiger partial charge in [-0.05, 0) is 33.2 Å². The third-order valence-electron chi connectivity index (χ3n) is 4.39. The fraction of sp³-hybridized carbons (Fsp3) is 0.562. The van der Waals surface area contributed by atoms with E-state index < -0.39 is 0 Å². The first kappa shape index (κ1) is 15.0. The van der Waals surface area contributed by atoms with Crippen LogP contribution in [0.1, 0.15) is 32.4 Å². The van der Waals surface area contributed by atoms with Crippen molar-refractivity contribution in [3.05, 3.63) is 30.5 Å². The van der Waals surface area contributed by atoms with Gasteiger partial charge in [0.05, 0.1) is 30.6 Å². The van der Waals surface area contributed by atoms with E-state index in [9.17, 15) is 4.79 Å². The van der Waals surface area contributed by atoms with Crippen LogP contribution in [0.25, 0.3) is 5.65 Å². The van der Waals surface area contributed by atoms with E-state index >= 15 is 0 Å². The van der Waals surface area contributed by atoms with E-state index in [-0.39, 0.29) is 11.8 Å². The maximum absolute atomic E-state index is 12.4. The zero-order chi connectivity index (χ0) is 15.5. The van der Waals surface area contributed by atoms with Gasteiger partial charge in [0.15, 0.2) is 5.65 Å². The van der Waals surface area contributed by atoms with Crippen LogP contribution >= 0.6 is 0 Å². The number of carbonyl (C=O) groups excluding carboxylic acids is 1. The fourth-order valence-electron chi connectivity index (χ4n) is 3.04. The van der Waals surface area contributed by atoms with Crippen molar-refractivity contribution in [3.8, 4) is 0 Å². The highest BCUT2D eigenvalue weighted by molar-refractivity contribution is 5.78. The lowest BCUT2D eigenvalue weighted by molar-refractivity contribution is -0.127. The molecular formula is C16H23N5O. The molecule has 3 rings (SSSR count). The molecule has 22 heavy (non-hydrogen) atoms. The zero-order valence-electron chi connectivity index (χ0n) is 13.2. The lowest BCUT2D eigenvalue weighted by Crippen LogP contribution is -2.45. The molecule has 0 bridgehead atoms. The van der Waals surface area contributed by atoms with Crippen LogP contribution in [0.2, 0.25) is 0 Å². The second-order valence-corrected chi connectivity index (χ2v) is 6.20. The molecular weight excluding hydrogens is 278 g/mol. The summed E-state index contributed by atoms with van der Waals surface area (Å²) in [4.78, 5) is 23.1. The second kappa shape index (κ2) is 6.44. The number of rotatable bonds is 4. The number of aromatic nitrogens is 3. The van der Waals surface area contributed by atoms with E-state index in [0.29, 0.717) is 12.6 Å². The minimum Gasteiger partial charge on any atom is -0.350 e. The van der Waals surface area contributed by atoms with Crippen molar-refractivity contribution in [1.29, 1.82) is 0 Å². The van der Waals surface area contributed by atoms with Gasteiger partial charge in [0.25, 0.3) is 0 Å². The molecule has 118 valence electrons. The number of fused-ring (bicyclic) bond motifs is 1. The van der Waals surface area contributed by atoms with Crippen LogP contribution in [0.3, 0.4) is 0 Å². The summed E-state index contributed by atoms with van der Waals surface area (Å²) >= 11 is 0. The van der Waals surface area contributed by atoms with Gasteiger partial charge in [-0.3, -0.25) is 14.2 Å². The van der Waals surface area contributed by atoms with E-state index in [1.54, 1.807) is 18.6 Å². The maximum Gasteiger partial charge on any atom is 0.224 e. The predicted molar refractivity (Wildman–Crippen MR) is 84.3 cm³/mol. The molecule has 3 heterocycles. The third kappa shape index (κ3) is 3.11. The molecule has 0 aliphatic carbocycles. The molecule has 1 fully saturated rings. The van der Waals surface area contributed by atoms with Crippen LogP contribution in [0.5, 0.6) is 0 Å². The number of carbonyl (C=O) groups is 1. The first-order chi connectivity index (χ1) is 10.6. The minimum absolute atomic E-state index is 0.0944. The molecule has 2 aromatic heterocycles. The number of amides is 1. The number of nitrogens with zero attached hydrogens (tertiary/aromatic N) is 4. The molecule has 1 N–H and O–H groups in total. The molecule has 0 unspecified atom stereocenters. The minimum atomic E-state index is 0.0944. The molecule has 0 saturated carbocycles. The SMILES string of the molecule is CC(C)N1CCC[C@H](C(=O)NCc2cnc3cnccn23)C1. The van der Waals surface area contributed by atoms with Crippen LogP contribution in [-0.4, -0.2) is 44.3 Å². The molecule has 2 aromatic rings. The molecule has 0 radical (unpaired) electrons. The molecule has 1 amide bonds. The Morgan fingerprint density at radius 3 is 3.14 bits per heavy atom. The number of piperidine rings is 1. The number of likely N-dealkylation sites (tertiary alicyclic amines) is 1. The summed E-state index contributed by atoms with van der Waals surface area (Å²) < 4.78 is 1.95. The van der Waals surface area contributed by atoms with Crippen molar-refractivity contribution in [2.75, 3.05) is 13.1 Å². The number of hydrogen-bond acceptors (Lipinski definition) is 4. The standard InChI is InChI=1S/C16H23N5O/c1-12(2)20-6-3-4-13(11-20)16(22)19-9-14-8-18-15-10-17-5-7-21(14)15/h5,7-8,10,12-13H,3-4,6,9,11H2,1-2H3,(H,19,22)/t13-/m0/s1. The topological polar surface area (TPSA) is 62.5 Å². The van der Waals surface area contributed by atoms with Crippen molar-refractivity contribution >= 4 is 11.6 Å². The van der Waals surface area contributed by atoms with Crippen molar-refractivity contribution in [2.24, 2.45) is 5.92 Å². The largest absolute Gasteiger partial charge is 0.350 e. The van der Waals surface area contributed by atoms with Gasteiger partial charge in [-0.2, -0.15) is 0 Å². The average Bonchev–Trinajstić information content (AvgIpc) is 2.96. The molecule has 1 aliphatic rings. The summed E-state index contributed by atoms with van der Waals surface area (Å²) in [6.07, 6.45) is 9.17. The van der Waals surface area contributed by atoms with Gasteiger partial charge in [-0.25, -0.2) is 4.98 Å². The summed E-state index contributed by atoms with van der Waals surface area (Å²) in [5.74, 6) is 0.242. The van der Waals surface area contributed by atoms with Crippen LogP contribution in [0.15, 0.2) is 24.8 Å². The normalized spacial score (nSPS) is 19.7. The first-order valence-corrected chi connectivity index (χ1v) is 7.93. The Kier molecular flexibility index (Phi) is 4.38. The fourth-order valence-corrected chi connectivity index (χ4v) is 3.04. The van der Waals surface area contributed by atoms with Crippen molar-refractivity contribution in [3.63, 3.8) is 0 Å². The highest BCUT2D eigenvalue weighted by Crippen LogP contribution is 2.18. The smallest absolute Gasteiger partial charge is 0.224 e. The van der Waals surface area contributed by atoms with Gasteiger partial charge in [0.1, 0.15) is 0 Å². The van der Waals surface area contributed by atoms with Gasteiger partial charge >= 0.3 is 0 Å². The van der Waals surface area contributed by atoms with E-state index in [1.165, 1.54) is 0 Å². The Bertz CT molecular complexity index is 651. The number of nitrogens with one attached hydrogen (secondary N) is 1. The average molecular weight is 301 g/mol. The molecule has 1 aliphatic heterocycles. The molecule has 6 nitrogen and oxygen atoms in total. The van der Waals surface area contributed by atoms with Gasteiger partial charge in [-0.15, -0.1) is 0 Å². The van der Waals surface area contributed by atoms with Gasteiger partial charge in [0, 0.05) is 25.0 Å². The summed E-state index contributed by atoms with van der Waals surface area (Å²) in [5, 5.41) is 3.06. The van der Waals surface area contributed by atoms with Gasteiger partial charge < -0.3 is 10.2 Å². The Hall–Kier alpha value is -1.95. The van der Waals surface area contributed by atoms with Crippen molar-refractivity contribution in [1.82, 2.24) is 24.6 Å². The van der Waals surface area contributed by atoms with Crippen molar-refractivity contribution in [2.45, 2.75) is 39.3 Å². The first-order valence-electron chi connectivity index (χ1n) is 7.93. The predicted octanol–water partition coefficient (Wildman–Crippen LogP) is 1.47. The van der Waals surface area contributed by atoms with Gasteiger partial charge in [-0.1, -0.05) is 0 Å². The van der Waals surface area contributed by atoms with E-state index in [2.05, 4.69) is 34.0 Å². The van der Waals surface area contributed by atoms with E-state index in [0.717, 1.165) is 37.3 Å². The third-order valence-corrected chi connectivity index (χ3v) is 4.39. The Morgan fingerprint density at radius 1 is 1.45 bits per heavy atom. The summed E-state index contributed by atoms with van der Waals surface area (Å²) in [6, 6.07) is 0.502. The van der Waals surface area contributed by atoms with Crippen LogP contribution in [-0.2, 0) is 11.3 Å². The molecule has 1 atom stereocenters. The highest BCUT2D eigenvalue weighted by Gasteiger charge is 2.26. The van der Waals surface area contributed by atoms with Crippen LogP contribution < -0.4 is 5.32 Å². The monoisotopic (exact) mass is 301 g/mol. The highest BCUT2D eigenvalue weighted by atomic mass is 16.1. The van der Waals surface area contributed by atoms with E-state index in [1.807, 2.05) is 10.6 Å². The number of hydrogen-bond donors (Lipinski definition) is 1. The summed E-state index contributed by atoms with van der Waals surface area (Å²) in [7, 11) is 0. The second-order valence-electron chi connectivity index (χ2n) is 6.20. The Labute approximate surface area is 130 Å². The zero-order valence-corrected chi connectivity index (χ0v) is 13.2. The summed E-state index contributed by atoms with van der Waals surface area (Å²) in [5.41, 5.74) is 1.78. The molecule has 0 spiro atoms. The summed E-state index contributed by atoms with van der Waals surface area (Å²) in [6.45, 7) is 6.84. The Morgan fingerprint density at radius 2 is 2.32 bits per heavy atom.